The Morgan fingerprint density at radius 1 is 1.32 bits per heavy atom. The lowest BCUT2D eigenvalue weighted by Gasteiger charge is -2.05. The third-order valence-corrected chi connectivity index (χ3v) is 2.61. The Bertz CT molecular complexity index is 631. The van der Waals surface area contributed by atoms with Crippen molar-refractivity contribution in [3.8, 4) is 0 Å². The van der Waals surface area contributed by atoms with Gasteiger partial charge in [0, 0.05) is 11.8 Å². The van der Waals surface area contributed by atoms with E-state index in [2.05, 4.69) is 10.3 Å². The SMILES string of the molecule is O=C(Nc1ccccc1)c1cc([N+](=O)[O-])cnc1Cl. The van der Waals surface area contributed by atoms with Crippen LogP contribution in [0, 0.1) is 10.1 Å². The molecule has 1 aromatic carbocycles. The Morgan fingerprint density at radius 3 is 2.63 bits per heavy atom. The number of hydrogen-bond donors (Lipinski definition) is 1. The van der Waals surface area contributed by atoms with Crippen LogP contribution in [0.4, 0.5) is 11.4 Å². The van der Waals surface area contributed by atoms with Crippen molar-refractivity contribution in [2.75, 3.05) is 5.32 Å². The number of benzene rings is 1. The zero-order valence-corrected chi connectivity index (χ0v) is 10.3. The van der Waals surface area contributed by atoms with Crippen molar-refractivity contribution in [3.05, 3.63) is 63.4 Å². The van der Waals surface area contributed by atoms with E-state index >= 15 is 0 Å². The summed E-state index contributed by atoms with van der Waals surface area (Å²) in [5.41, 5.74) is 0.234. The quantitative estimate of drug-likeness (QED) is 0.531. The van der Waals surface area contributed by atoms with Crippen molar-refractivity contribution >= 4 is 28.9 Å². The number of carbonyl (C=O) groups excluding carboxylic acids is 1. The Hall–Kier alpha value is -2.47. The molecule has 0 radical (unpaired) electrons. The molecule has 0 saturated carbocycles. The minimum atomic E-state index is -0.636. The summed E-state index contributed by atoms with van der Waals surface area (Å²) in [6.07, 6.45) is 1.00. The Kier molecular flexibility index (Phi) is 3.72. The zero-order valence-electron chi connectivity index (χ0n) is 9.54. The third-order valence-electron chi connectivity index (χ3n) is 2.31. The minimum Gasteiger partial charge on any atom is -0.322 e. The summed E-state index contributed by atoms with van der Waals surface area (Å²) in [5, 5.41) is 13.1. The monoisotopic (exact) mass is 277 g/mol. The topological polar surface area (TPSA) is 85.1 Å². The van der Waals surface area contributed by atoms with Gasteiger partial charge in [-0.1, -0.05) is 29.8 Å². The first-order chi connectivity index (χ1) is 9.08. The second kappa shape index (κ2) is 5.45. The van der Waals surface area contributed by atoms with E-state index in [4.69, 9.17) is 11.6 Å². The number of halogens is 1. The van der Waals surface area contributed by atoms with Crippen LogP contribution < -0.4 is 5.32 Å². The maximum absolute atomic E-state index is 12.0. The highest BCUT2D eigenvalue weighted by Gasteiger charge is 2.17. The summed E-state index contributed by atoms with van der Waals surface area (Å²) in [6, 6.07) is 9.78. The number of nitro groups is 1. The molecule has 0 unspecified atom stereocenters. The lowest BCUT2D eigenvalue weighted by molar-refractivity contribution is -0.385. The number of rotatable bonds is 3. The van der Waals surface area contributed by atoms with Crippen molar-refractivity contribution in [2.24, 2.45) is 0 Å². The minimum absolute atomic E-state index is 0.0419. The van der Waals surface area contributed by atoms with Gasteiger partial charge in [0.25, 0.3) is 11.6 Å². The van der Waals surface area contributed by atoms with Crippen LogP contribution in [-0.4, -0.2) is 15.8 Å². The lowest BCUT2D eigenvalue weighted by atomic mass is 10.2. The van der Waals surface area contributed by atoms with Gasteiger partial charge in [-0.2, -0.15) is 0 Å². The predicted molar refractivity (Wildman–Crippen MR) is 70.3 cm³/mol. The van der Waals surface area contributed by atoms with Gasteiger partial charge in [0.1, 0.15) is 11.3 Å². The number of nitrogens with one attached hydrogen (secondary N) is 1. The van der Waals surface area contributed by atoms with Gasteiger partial charge in [-0.3, -0.25) is 14.9 Å². The van der Waals surface area contributed by atoms with Crippen molar-refractivity contribution in [2.45, 2.75) is 0 Å². The summed E-state index contributed by atoms with van der Waals surface area (Å²) in [5.74, 6) is -0.549. The molecule has 0 atom stereocenters. The maximum atomic E-state index is 12.0. The van der Waals surface area contributed by atoms with Crippen molar-refractivity contribution in [1.82, 2.24) is 4.98 Å². The fourth-order valence-corrected chi connectivity index (χ4v) is 1.61. The Morgan fingerprint density at radius 2 is 2.00 bits per heavy atom. The molecule has 0 aliphatic carbocycles. The number of para-hydroxylation sites is 1. The van der Waals surface area contributed by atoms with E-state index in [1.165, 1.54) is 0 Å². The van der Waals surface area contributed by atoms with Crippen LogP contribution in [0.25, 0.3) is 0 Å². The van der Waals surface area contributed by atoms with E-state index in [0.717, 1.165) is 12.3 Å². The van der Waals surface area contributed by atoms with Crippen LogP contribution in [0.1, 0.15) is 10.4 Å². The highest BCUT2D eigenvalue weighted by molar-refractivity contribution is 6.33. The van der Waals surface area contributed by atoms with E-state index in [0.29, 0.717) is 5.69 Å². The first kappa shape index (κ1) is 13.0. The second-order valence-electron chi connectivity index (χ2n) is 3.61. The molecule has 7 heteroatoms. The largest absolute Gasteiger partial charge is 0.322 e. The molecule has 19 heavy (non-hydrogen) atoms. The van der Waals surface area contributed by atoms with Crippen LogP contribution >= 0.6 is 11.6 Å². The molecule has 1 aromatic heterocycles. The lowest BCUT2D eigenvalue weighted by Crippen LogP contribution is -2.13. The third kappa shape index (κ3) is 3.05. The fourth-order valence-electron chi connectivity index (χ4n) is 1.42. The second-order valence-corrected chi connectivity index (χ2v) is 3.97. The molecule has 0 aliphatic heterocycles. The average Bonchev–Trinajstić information content (AvgIpc) is 2.40. The molecular weight excluding hydrogens is 270 g/mol. The normalized spacial score (nSPS) is 9.95. The maximum Gasteiger partial charge on any atom is 0.288 e. The molecule has 1 N–H and O–H groups in total. The molecule has 1 heterocycles. The molecule has 0 bridgehead atoms. The van der Waals surface area contributed by atoms with Crippen LogP contribution in [0.5, 0.6) is 0 Å². The smallest absolute Gasteiger partial charge is 0.288 e. The Balaban J connectivity index is 2.28. The van der Waals surface area contributed by atoms with Gasteiger partial charge in [-0.05, 0) is 12.1 Å². The summed E-state index contributed by atoms with van der Waals surface area (Å²) in [6.45, 7) is 0. The van der Waals surface area contributed by atoms with Gasteiger partial charge in [0.2, 0.25) is 0 Å². The molecule has 1 amide bonds. The van der Waals surface area contributed by atoms with Crippen molar-refractivity contribution < 1.29 is 9.72 Å². The van der Waals surface area contributed by atoms with Crippen LogP contribution in [0.2, 0.25) is 5.15 Å². The van der Waals surface area contributed by atoms with E-state index < -0.39 is 10.8 Å². The number of nitrogens with zero attached hydrogens (tertiary/aromatic N) is 2. The molecule has 0 fully saturated rings. The predicted octanol–water partition coefficient (Wildman–Crippen LogP) is 2.90. The summed E-state index contributed by atoms with van der Waals surface area (Å²) in [4.78, 5) is 25.6. The average molecular weight is 278 g/mol. The van der Waals surface area contributed by atoms with Gasteiger partial charge in [0.15, 0.2) is 0 Å². The Labute approximate surface area is 113 Å². The fraction of sp³-hybridized carbons (Fsp3) is 0. The van der Waals surface area contributed by atoms with Gasteiger partial charge in [-0.15, -0.1) is 0 Å². The molecule has 2 rings (SSSR count). The van der Waals surface area contributed by atoms with Crippen molar-refractivity contribution in [3.63, 3.8) is 0 Å². The van der Waals surface area contributed by atoms with E-state index in [1.54, 1.807) is 30.3 Å². The van der Waals surface area contributed by atoms with Gasteiger partial charge in [0.05, 0.1) is 10.5 Å². The highest BCUT2D eigenvalue weighted by Crippen LogP contribution is 2.20. The van der Waals surface area contributed by atoms with Crippen molar-refractivity contribution in [1.29, 1.82) is 0 Å². The number of hydrogen-bond acceptors (Lipinski definition) is 4. The van der Waals surface area contributed by atoms with Gasteiger partial charge in [-0.25, -0.2) is 4.98 Å². The molecule has 0 saturated heterocycles. The number of carbonyl (C=O) groups is 1. The van der Waals surface area contributed by atoms with Gasteiger partial charge >= 0.3 is 0 Å². The number of amides is 1. The number of pyridine rings is 1. The molecular formula is C12H8ClN3O3. The first-order valence-corrected chi connectivity index (χ1v) is 5.62. The number of anilines is 1. The highest BCUT2D eigenvalue weighted by atomic mass is 35.5. The summed E-state index contributed by atoms with van der Waals surface area (Å²) < 4.78 is 0. The van der Waals surface area contributed by atoms with Gasteiger partial charge < -0.3 is 5.32 Å². The van der Waals surface area contributed by atoms with Crippen LogP contribution in [0.15, 0.2) is 42.6 Å². The first-order valence-electron chi connectivity index (χ1n) is 5.24. The zero-order chi connectivity index (χ0) is 13.8. The number of aromatic nitrogens is 1. The summed E-state index contributed by atoms with van der Waals surface area (Å²) in [7, 11) is 0. The summed E-state index contributed by atoms with van der Waals surface area (Å²) >= 11 is 5.77. The molecule has 2 aromatic rings. The van der Waals surface area contributed by atoms with Crippen LogP contribution in [0.3, 0.4) is 0 Å². The molecule has 6 nitrogen and oxygen atoms in total. The van der Waals surface area contributed by atoms with E-state index in [9.17, 15) is 14.9 Å². The van der Waals surface area contributed by atoms with E-state index in [1.807, 2.05) is 0 Å². The molecule has 0 spiro atoms. The van der Waals surface area contributed by atoms with Crippen LogP contribution in [-0.2, 0) is 0 Å². The standard InChI is InChI=1S/C12H8ClN3O3/c13-11-10(6-9(7-14-11)16(18)19)12(17)15-8-4-2-1-3-5-8/h1-7H,(H,15,17). The molecule has 96 valence electrons. The van der Waals surface area contributed by atoms with E-state index in [-0.39, 0.29) is 16.4 Å². The molecule has 0 aliphatic rings.